The maximum Gasteiger partial charge on any atom is 0.143 e. The highest BCUT2D eigenvalue weighted by Crippen LogP contribution is 2.43. The van der Waals surface area contributed by atoms with E-state index in [-0.39, 0.29) is 0 Å². The predicted molar refractivity (Wildman–Crippen MR) is 202 cm³/mol. The zero-order chi connectivity index (χ0) is 31.9. The van der Waals surface area contributed by atoms with E-state index >= 15 is 0 Å². The second-order valence-corrected chi connectivity index (χ2v) is 12.1. The number of fused-ring (bicyclic) bond motifs is 5. The zero-order valence-corrected chi connectivity index (χ0v) is 26.3. The van der Waals surface area contributed by atoms with Gasteiger partial charge in [-0.05, 0) is 64.0 Å². The summed E-state index contributed by atoms with van der Waals surface area (Å²) in [6.07, 6.45) is 0. The molecular weight excluding hydrogens is 583 g/mol. The Labute approximate surface area is 279 Å². The number of benzene rings is 8. The molecule has 0 aliphatic rings. The second-order valence-electron chi connectivity index (χ2n) is 12.1. The first-order valence-corrected chi connectivity index (χ1v) is 16.4. The van der Waals surface area contributed by atoms with Crippen LogP contribution in [0.25, 0.3) is 66.1 Å². The fourth-order valence-electron chi connectivity index (χ4n) is 6.93. The van der Waals surface area contributed by atoms with Crippen LogP contribution in [0.15, 0.2) is 192 Å². The molecule has 0 radical (unpaired) electrons. The number of para-hydroxylation sites is 2. The van der Waals surface area contributed by atoms with Gasteiger partial charge in [0.25, 0.3) is 0 Å². The van der Waals surface area contributed by atoms with Crippen molar-refractivity contribution in [2.45, 2.75) is 0 Å². The molecule has 9 rings (SSSR count). The Bertz CT molecular complexity index is 2530. The monoisotopic (exact) mass is 613 g/mol. The maximum absolute atomic E-state index is 6.67. The van der Waals surface area contributed by atoms with E-state index in [1.807, 2.05) is 0 Å². The Balaban J connectivity index is 1.17. The van der Waals surface area contributed by atoms with Crippen molar-refractivity contribution >= 4 is 49.8 Å². The van der Waals surface area contributed by atoms with Gasteiger partial charge < -0.3 is 9.32 Å². The van der Waals surface area contributed by atoms with Gasteiger partial charge in [0.05, 0.1) is 5.69 Å². The van der Waals surface area contributed by atoms with Crippen LogP contribution in [0.4, 0.5) is 17.1 Å². The predicted octanol–water partition coefficient (Wildman–Crippen LogP) is 13.2. The molecule has 0 aliphatic carbocycles. The van der Waals surface area contributed by atoms with Gasteiger partial charge in [0, 0.05) is 38.7 Å². The third-order valence-corrected chi connectivity index (χ3v) is 9.29. The van der Waals surface area contributed by atoms with Crippen molar-refractivity contribution in [3.8, 4) is 33.4 Å². The lowest BCUT2D eigenvalue weighted by Gasteiger charge is -2.28. The Morgan fingerprint density at radius 1 is 0.312 bits per heavy atom. The van der Waals surface area contributed by atoms with Crippen LogP contribution in [0.1, 0.15) is 0 Å². The molecule has 0 saturated carbocycles. The number of rotatable bonds is 6. The van der Waals surface area contributed by atoms with E-state index < -0.39 is 0 Å². The fourth-order valence-corrected chi connectivity index (χ4v) is 6.93. The summed E-state index contributed by atoms with van der Waals surface area (Å²) in [5.74, 6) is 0. The number of anilines is 3. The first kappa shape index (κ1) is 27.9. The average Bonchev–Trinajstić information content (AvgIpc) is 3.56. The van der Waals surface area contributed by atoms with Crippen molar-refractivity contribution in [3.63, 3.8) is 0 Å². The quantitative estimate of drug-likeness (QED) is 0.185. The minimum Gasteiger partial charge on any atom is -0.455 e. The summed E-state index contributed by atoms with van der Waals surface area (Å²) in [6, 6.07) is 66.8. The smallest absolute Gasteiger partial charge is 0.143 e. The Kier molecular flexibility index (Phi) is 6.84. The molecule has 0 saturated heterocycles. The van der Waals surface area contributed by atoms with Crippen LogP contribution < -0.4 is 4.90 Å². The third kappa shape index (κ3) is 4.83. The Hall–Kier alpha value is -6.38. The molecule has 9 aromatic rings. The number of hydrogen-bond donors (Lipinski definition) is 0. The lowest BCUT2D eigenvalue weighted by atomic mass is 9.99. The molecule has 0 atom stereocenters. The van der Waals surface area contributed by atoms with Crippen LogP contribution in [0.2, 0.25) is 0 Å². The average molecular weight is 614 g/mol. The molecule has 2 heteroatoms. The summed E-state index contributed by atoms with van der Waals surface area (Å²) in [5, 5.41) is 4.60. The molecule has 1 heterocycles. The molecule has 0 bridgehead atoms. The summed E-state index contributed by atoms with van der Waals surface area (Å²) < 4.78 is 6.67. The van der Waals surface area contributed by atoms with Gasteiger partial charge in [-0.25, -0.2) is 0 Å². The molecule has 0 N–H and O–H groups in total. The lowest BCUT2D eigenvalue weighted by Crippen LogP contribution is -2.11. The van der Waals surface area contributed by atoms with E-state index in [9.17, 15) is 0 Å². The highest BCUT2D eigenvalue weighted by molar-refractivity contribution is 6.17. The standard InChI is InChI=1S/C46H31NO/c1-3-12-32(13-4-1)33-22-27-37(28-23-33)47(44-21-10-9-17-39(44)34-14-5-2-6-15-34)38-29-24-36(25-30-38)41-19-11-20-42-43-31-26-35-16-7-8-18-40(35)46(43)48-45(41)42/h1-31H. The summed E-state index contributed by atoms with van der Waals surface area (Å²) in [7, 11) is 0. The van der Waals surface area contributed by atoms with E-state index in [0.717, 1.165) is 55.5 Å². The van der Waals surface area contributed by atoms with Crippen molar-refractivity contribution in [1.82, 2.24) is 0 Å². The summed E-state index contributed by atoms with van der Waals surface area (Å²) in [6.45, 7) is 0. The minimum atomic E-state index is 0.916. The lowest BCUT2D eigenvalue weighted by molar-refractivity contribution is 0.674. The van der Waals surface area contributed by atoms with Crippen molar-refractivity contribution in [3.05, 3.63) is 188 Å². The van der Waals surface area contributed by atoms with Crippen LogP contribution >= 0.6 is 0 Å². The summed E-state index contributed by atoms with van der Waals surface area (Å²) in [5.41, 5.74) is 12.1. The van der Waals surface area contributed by atoms with Gasteiger partial charge in [-0.2, -0.15) is 0 Å². The molecule has 8 aromatic carbocycles. The van der Waals surface area contributed by atoms with Gasteiger partial charge in [0.1, 0.15) is 11.2 Å². The van der Waals surface area contributed by atoms with Crippen LogP contribution in [0.3, 0.4) is 0 Å². The normalized spacial score (nSPS) is 11.3. The van der Waals surface area contributed by atoms with Gasteiger partial charge in [0.15, 0.2) is 0 Å². The molecule has 0 amide bonds. The highest BCUT2D eigenvalue weighted by atomic mass is 16.3. The largest absolute Gasteiger partial charge is 0.455 e. The van der Waals surface area contributed by atoms with E-state index in [0.29, 0.717) is 0 Å². The molecule has 226 valence electrons. The first-order valence-electron chi connectivity index (χ1n) is 16.4. The molecule has 0 unspecified atom stereocenters. The van der Waals surface area contributed by atoms with Crippen LogP contribution in [-0.4, -0.2) is 0 Å². The Morgan fingerprint density at radius 2 is 0.833 bits per heavy atom. The highest BCUT2D eigenvalue weighted by Gasteiger charge is 2.19. The van der Waals surface area contributed by atoms with Crippen LogP contribution in [-0.2, 0) is 0 Å². The number of furan rings is 1. The molecular formula is C46H31NO. The molecule has 1 aromatic heterocycles. The molecule has 48 heavy (non-hydrogen) atoms. The van der Waals surface area contributed by atoms with Crippen molar-refractivity contribution in [2.24, 2.45) is 0 Å². The van der Waals surface area contributed by atoms with Gasteiger partial charge in [-0.3, -0.25) is 0 Å². The van der Waals surface area contributed by atoms with E-state index in [4.69, 9.17) is 4.42 Å². The van der Waals surface area contributed by atoms with E-state index in [2.05, 4.69) is 193 Å². The van der Waals surface area contributed by atoms with E-state index in [1.165, 1.54) is 27.6 Å². The SMILES string of the molecule is c1ccc(-c2ccc(N(c3ccc(-c4cccc5c4oc4c6ccccc6ccc54)cc3)c3ccccc3-c3ccccc3)cc2)cc1. The molecule has 0 aliphatic heterocycles. The molecule has 2 nitrogen and oxygen atoms in total. The minimum absolute atomic E-state index is 0.916. The first-order chi connectivity index (χ1) is 23.8. The number of hydrogen-bond acceptors (Lipinski definition) is 2. The van der Waals surface area contributed by atoms with Gasteiger partial charge >= 0.3 is 0 Å². The zero-order valence-electron chi connectivity index (χ0n) is 26.3. The van der Waals surface area contributed by atoms with Crippen molar-refractivity contribution in [1.29, 1.82) is 0 Å². The number of nitrogens with zero attached hydrogens (tertiary/aromatic N) is 1. The summed E-state index contributed by atoms with van der Waals surface area (Å²) in [4.78, 5) is 2.36. The van der Waals surface area contributed by atoms with Crippen molar-refractivity contribution in [2.75, 3.05) is 4.90 Å². The fraction of sp³-hybridized carbons (Fsp3) is 0. The maximum atomic E-state index is 6.67. The molecule has 0 spiro atoms. The third-order valence-electron chi connectivity index (χ3n) is 9.29. The van der Waals surface area contributed by atoms with Crippen LogP contribution in [0.5, 0.6) is 0 Å². The van der Waals surface area contributed by atoms with Crippen LogP contribution in [0, 0.1) is 0 Å². The van der Waals surface area contributed by atoms with Gasteiger partial charge in [-0.1, -0.05) is 152 Å². The molecule has 0 fully saturated rings. The van der Waals surface area contributed by atoms with E-state index in [1.54, 1.807) is 0 Å². The topological polar surface area (TPSA) is 16.4 Å². The summed E-state index contributed by atoms with van der Waals surface area (Å²) >= 11 is 0. The van der Waals surface area contributed by atoms with Gasteiger partial charge in [0.2, 0.25) is 0 Å². The second kappa shape index (κ2) is 11.8. The van der Waals surface area contributed by atoms with Crippen molar-refractivity contribution < 1.29 is 4.42 Å². The van der Waals surface area contributed by atoms with Gasteiger partial charge in [-0.15, -0.1) is 0 Å². The Morgan fingerprint density at radius 3 is 1.58 bits per heavy atom.